The molecule has 0 aliphatic rings. The quantitative estimate of drug-likeness (QED) is 0.445. The number of carbonyl (C=O) groups excluding carboxylic acids is 1. The summed E-state index contributed by atoms with van der Waals surface area (Å²) < 4.78 is 67.8. The van der Waals surface area contributed by atoms with Gasteiger partial charge in [0, 0.05) is 15.9 Å². The minimum absolute atomic E-state index is 0.0293. The van der Waals surface area contributed by atoms with Gasteiger partial charge in [0.2, 0.25) is 0 Å². The number of benzene rings is 2. The number of aliphatic hydroxyl groups excluding tert-OH is 1. The number of nitrogens with two attached hydrogens (primary N) is 1. The second-order valence-electron chi connectivity index (χ2n) is 7.01. The summed E-state index contributed by atoms with van der Waals surface area (Å²) in [6.45, 7) is -1.12. The van der Waals surface area contributed by atoms with Crippen LogP contribution in [0.25, 0.3) is 16.8 Å². The van der Waals surface area contributed by atoms with Crippen molar-refractivity contribution >= 4 is 22.9 Å². The summed E-state index contributed by atoms with van der Waals surface area (Å²) in [4.78, 5) is 20.4. The number of nitrogen functional groups attached to an aromatic ring is 1. The van der Waals surface area contributed by atoms with E-state index >= 15 is 4.39 Å². The van der Waals surface area contributed by atoms with E-state index in [9.17, 15) is 18.7 Å². The molecule has 1 unspecified atom stereocenters. The highest BCUT2D eigenvalue weighted by Crippen LogP contribution is 2.33. The Balaban J connectivity index is 1.75. The molecular weight excluding hydrogens is 423 g/mol. The topological polar surface area (TPSA) is 106 Å². The first kappa shape index (κ1) is 17.7. The summed E-state index contributed by atoms with van der Waals surface area (Å²) in [6.07, 6.45) is -0.485. The Bertz CT molecular complexity index is 1470. The van der Waals surface area contributed by atoms with Crippen molar-refractivity contribution in [3.05, 3.63) is 77.1 Å². The molecule has 2 heterocycles. The maximum atomic E-state index is 15.1. The normalized spacial score (nSPS) is 14.0. The lowest BCUT2D eigenvalue weighted by Gasteiger charge is -2.13. The maximum absolute atomic E-state index is 15.1. The van der Waals surface area contributed by atoms with Crippen LogP contribution in [0.2, 0.25) is 0 Å². The van der Waals surface area contributed by atoms with Crippen LogP contribution in [0.1, 0.15) is 27.3 Å². The summed E-state index contributed by atoms with van der Waals surface area (Å²) in [6, 6.07) is 6.70. The number of rotatable bonds is 4. The van der Waals surface area contributed by atoms with Crippen LogP contribution in [-0.4, -0.2) is 25.4 Å². The van der Waals surface area contributed by atoms with Gasteiger partial charge in [0.05, 0.1) is 11.4 Å². The number of aromatic nitrogens is 3. The van der Waals surface area contributed by atoms with Gasteiger partial charge in [-0.15, -0.1) is 0 Å². The third-order valence-corrected chi connectivity index (χ3v) is 4.77. The molecule has 0 aliphatic heterocycles. The molecule has 1 amide bonds. The predicted octanol–water partition coefficient (Wildman–Crippen LogP) is 3.68. The van der Waals surface area contributed by atoms with Gasteiger partial charge >= 0.3 is 0 Å². The number of aliphatic hydroxyl groups is 1. The number of halogens is 3. The minimum atomic E-state index is -2.70. The van der Waals surface area contributed by atoms with Crippen LogP contribution in [0.3, 0.4) is 0 Å². The van der Waals surface area contributed by atoms with Crippen LogP contribution in [0.4, 0.5) is 24.7 Å². The minimum Gasteiger partial charge on any atom is -0.382 e. The average Bonchev–Trinajstić information content (AvgIpc) is 3.16. The molecule has 4 aromatic rings. The first-order valence-electron chi connectivity index (χ1n) is 10.8. The first-order valence-corrected chi connectivity index (χ1v) is 9.27. The zero-order chi connectivity index (χ0) is 25.7. The fourth-order valence-corrected chi connectivity index (χ4v) is 3.31. The van der Waals surface area contributed by atoms with E-state index in [0.717, 1.165) is 28.7 Å². The maximum Gasteiger partial charge on any atom is 0.257 e. The lowest BCUT2D eigenvalue weighted by molar-refractivity contribution is -0.124. The van der Waals surface area contributed by atoms with Gasteiger partial charge in [0.15, 0.2) is 17.7 Å². The standard InChI is InChI=1S/C22H18F3N5O2/c1-10-9-30-11(2)28-18(19(30)21(26)27-10)14-6-7-15(17(25)16(14)24)29-22(32)20(31)12-4-3-5-13(23)8-12/h3-9,20,31H,1-2H3,(H2,26,27)(H,29,32)/i2D3. The molecule has 2 aromatic heterocycles. The Morgan fingerprint density at radius 1 is 1.22 bits per heavy atom. The average molecular weight is 444 g/mol. The zero-order valence-electron chi connectivity index (χ0n) is 19.5. The Morgan fingerprint density at radius 3 is 2.72 bits per heavy atom. The van der Waals surface area contributed by atoms with Crippen molar-refractivity contribution in [3.8, 4) is 11.3 Å². The second-order valence-corrected chi connectivity index (χ2v) is 7.01. The van der Waals surface area contributed by atoms with Crippen LogP contribution < -0.4 is 11.1 Å². The van der Waals surface area contributed by atoms with Crippen LogP contribution >= 0.6 is 0 Å². The monoisotopic (exact) mass is 444 g/mol. The van der Waals surface area contributed by atoms with Crippen molar-refractivity contribution in [1.29, 1.82) is 0 Å². The van der Waals surface area contributed by atoms with E-state index in [0.29, 0.717) is 5.69 Å². The van der Waals surface area contributed by atoms with Gasteiger partial charge in [-0.25, -0.2) is 23.1 Å². The van der Waals surface area contributed by atoms with Gasteiger partial charge in [0.1, 0.15) is 28.7 Å². The number of carbonyl (C=O) groups is 1. The van der Waals surface area contributed by atoms with E-state index in [1.807, 2.05) is 0 Å². The SMILES string of the molecule is [2H]C([2H])([2H])c1nc(-c2ccc(NC(=O)C(O)c3cccc(F)c3)c(F)c2F)c2c(N)nc(C)cn12. The van der Waals surface area contributed by atoms with E-state index in [4.69, 9.17) is 9.85 Å². The number of amides is 1. The summed E-state index contributed by atoms with van der Waals surface area (Å²) in [5.41, 5.74) is 4.94. The van der Waals surface area contributed by atoms with Gasteiger partial charge < -0.3 is 16.2 Å². The van der Waals surface area contributed by atoms with Crippen LogP contribution in [0, 0.1) is 31.2 Å². The van der Waals surface area contributed by atoms with Crippen molar-refractivity contribution in [3.63, 3.8) is 0 Å². The van der Waals surface area contributed by atoms with E-state index in [1.165, 1.54) is 18.3 Å². The molecule has 164 valence electrons. The molecule has 10 heteroatoms. The highest BCUT2D eigenvalue weighted by molar-refractivity contribution is 5.95. The number of fused-ring (bicyclic) bond motifs is 1. The highest BCUT2D eigenvalue weighted by Gasteiger charge is 2.24. The van der Waals surface area contributed by atoms with E-state index in [2.05, 4.69) is 15.3 Å². The Labute approximate surface area is 184 Å². The van der Waals surface area contributed by atoms with E-state index in [-0.39, 0.29) is 22.6 Å². The molecule has 0 fully saturated rings. The van der Waals surface area contributed by atoms with E-state index in [1.54, 1.807) is 6.92 Å². The highest BCUT2D eigenvalue weighted by atomic mass is 19.2. The largest absolute Gasteiger partial charge is 0.382 e. The molecule has 0 saturated carbocycles. The van der Waals surface area contributed by atoms with Gasteiger partial charge in [-0.3, -0.25) is 9.20 Å². The predicted molar refractivity (Wildman–Crippen MR) is 112 cm³/mol. The smallest absolute Gasteiger partial charge is 0.257 e. The lowest BCUT2D eigenvalue weighted by atomic mass is 10.1. The first-order chi connectivity index (χ1) is 16.4. The number of nitrogens with zero attached hydrogens (tertiary/aromatic N) is 3. The molecule has 4 rings (SSSR count). The third-order valence-electron chi connectivity index (χ3n) is 4.77. The number of nitrogens with one attached hydrogen (secondary N) is 1. The Hall–Kier alpha value is -3.92. The fraction of sp³-hybridized carbons (Fsp3) is 0.136. The molecule has 0 bridgehead atoms. The number of anilines is 2. The molecule has 0 aliphatic carbocycles. The van der Waals surface area contributed by atoms with Crippen LogP contribution in [0.15, 0.2) is 42.6 Å². The van der Waals surface area contributed by atoms with Crippen molar-refractivity contribution in [2.75, 3.05) is 11.1 Å². The molecule has 1 atom stereocenters. The van der Waals surface area contributed by atoms with Crippen LogP contribution in [-0.2, 0) is 4.79 Å². The van der Waals surface area contributed by atoms with Gasteiger partial charge in [0.25, 0.3) is 5.91 Å². The molecule has 7 nitrogen and oxygen atoms in total. The van der Waals surface area contributed by atoms with Crippen molar-refractivity contribution in [2.24, 2.45) is 0 Å². The van der Waals surface area contributed by atoms with Crippen molar-refractivity contribution in [2.45, 2.75) is 19.9 Å². The summed E-state index contributed by atoms with van der Waals surface area (Å²) in [7, 11) is 0. The third kappa shape index (κ3) is 3.65. The Kier molecular flexibility index (Phi) is 4.41. The Morgan fingerprint density at radius 2 is 2.00 bits per heavy atom. The fourth-order valence-electron chi connectivity index (χ4n) is 3.31. The van der Waals surface area contributed by atoms with Crippen LogP contribution in [0.5, 0.6) is 0 Å². The molecule has 2 aromatic carbocycles. The number of hydrogen-bond donors (Lipinski definition) is 3. The molecule has 0 radical (unpaired) electrons. The van der Waals surface area contributed by atoms with Gasteiger partial charge in [-0.2, -0.15) is 0 Å². The summed E-state index contributed by atoms with van der Waals surface area (Å²) >= 11 is 0. The summed E-state index contributed by atoms with van der Waals surface area (Å²) in [5, 5.41) is 12.2. The van der Waals surface area contributed by atoms with Crippen molar-refractivity contribution < 1.29 is 27.2 Å². The zero-order valence-corrected chi connectivity index (χ0v) is 16.5. The lowest BCUT2D eigenvalue weighted by Crippen LogP contribution is -2.21. The van der Waals surface area contributed by atoms with Gasteiger partial charge in [-0.1, -0.05) is 12.1 Å². The van der Waals surface area contributed by atoms with E-state index < -0.39 is 53.4 Å². The molecule has 4 N–H and O–H groups in total. The number of imidazole rings is 1. The second kappa shape index (κ2) is 7.97. The number of aryl methyl sites for hydroxylation is 2. The van der Waals surface area contributed by atoms with Crippen molar-refractivity contribution in [1.82, 2.24) is 14.4 Å². The summed E-state index contributed by atoms with van der Waals surface area (Å²) in [5.74, 6) is -5.31. The molecule has 0 spiro atoms. The molecule has 0 saturated heterocycles. The molecular formula is C22H18F3N5O2. The van der Waals surface area contributed by atoms with Gasteiger partial charge in [-0.05, 0) is 43.6 Å². The molecule has 32 heavy (non-hydrogen) atoms. The number of hydrogen-bond acceptors (Lipinski definition) is 5.